The van der Waals surface area contributed by atoms with Crippen LogP contribution >= 0.6 is 11.8 Å². The third-order valence-corrected chi connectivity index (χ3v) is 4.08. The van der Waals surface area contributed by atoms with Crippen molar-refractivity contribution in [3.8, 4) is 0 Å². The largest absolute Gasteiger partial charge is 0.480 e. The highest BCUT2D eigenvalue weighted by atomic mass is 32.2. The molecule has 2 N–H and O–H groups in total. The van der Waals surface area contributed by atoms with E-state index in [9.17, 15) is 14.4 Å². The molecule has 0 aliphatic carbocycles. The molecule has 94 valence electrons. The molecule has 2 amide bonds. The van der Waals surface area contributed by atoms with Gasteiger partial charge in [0.15, 0.2) is 0 Å². The number of carbonyl (C=O) groups is 3. The molecule has 2 rings (SSSR count). The first-order valence-corrected chi connectivity index (χ1v) is 6.63. The molecule has 0 radical (unpaired) electrons. The van der Waals surface area contributed by atoms with Crippen LogP contribution in [0.3, 0.4) is 0 Å². The molecule has 0 aromatic carbocycles. The van der Waals surface area contributed by atoms with Crippen LogP contribution in [0, 0.1) is 5.92 Å². The predicted octanol–water partition coefficient (Wildman–Crippen LogP) is -0.501. The number of carboxylic acids is 1. The molecule has 0 aromatic heterocycles. The molecular formula is C10H14N2O4S. The van der Waals surface area contributed by atoms with Crippen molar-refractivity contribution in [3.63, 3.8) is 0 Å². The van der Waals surface area contributed by atoms with Gasteiger partial charge in [-0.2, -0.15) is 0 Å². The molecule has 0 saturated carbocycles. The van der Waals surface area contributed by atoms with E-state index in [1.54, 1.807) is 0 Å². The molecule has 2 atom stereocenters. The predicted molar refractivity (Wildman–Crippen MR) is 61.3 cm³/mol. The second-order valence-electron chi connectivity index (χ2n) is 4.20. The van der Waals surface area contributed by atoms with E-state index in [2.05, 4.69) is 5.32 Å². The molecule has 2 fully saturated rings. The zero-order valence-electron chi connectivity index (χ0n) is 9.22. The van der Waals surface area contributed by atoms with Gasteiger partial charge in [-0.05, 0) is 6.42 Å². The first kappa shape index (κ1) is 12.2. The standard InChI is InChI=1S/C10H14N2O4S/c13-8-2-1-6(3-11-8)9(14)12-5-17-4-7(12)10(15)16/h6-7H,1-5H2,(H,11,13)(H,15,16). The van der Waals surface area contributed by atoms with Crippen molar-refractivity contribution >= 4 is 29.5 Å². The maximum Gasteiger partial charge on any atom is 0.327 e. The summed E-state index contributed by atoms with van der Waals surface area (Å²) in [5.74, 6) is -0.543. The van der Waals surface area contributed by atoms with Crippen LogP contribution in [0.4, 0.5) is 0 Å². The SMILES string of the molecule is O=C1CCC(C(=O)N2CSCC2C(=O)O)CN1. The number of carbonyl (C=O) groups excluding carboxylic acids is 2. The molecule has 0 aromatic rings. The Labute approximate surface area is 103 Å². The lowest BCUT2D eigenvalue weighted by atomic mass is 9.97. The van der Waals surface area contributed by atoms with Crippen molar-refractivity contribution in [2.75, 3.05) is 18.2 Å². The molecule has 2 saturated heterocycles. The molecule has 2 aliphatic heterocycles. The third kappa shape index (κ3) is 2.54. The minimum Gasteiger partial charge on any atom is -0.480 e. The third-order valence-electron chi connectivity index (χ3n) is 3.07. The first-order chi connectivity index (χ1) is 8.09. The summed E-state index contributed by atoms with van der Waals surface area (Å²) in [6.45, 7) is 0.325. The lowest BCUT2D eigenvalue weighted by molar-refractivity contribution is -0.150. The van der Waals surface area contributed by atoms with E-state index in [-0.39, 0.29) is 17.7 Å². The summed E-state index contributed by atoms with van der Waals surface area (Å²) in [5.41, 5.74) is 0. The van der Waals surface area contributed by atoms with Crippen LogP contribution in [0.1, 0.15) is 12.8 Å². The Morgan fingerprint density at radius 2 is 2.24 bits per heavy atom. The Bertz CT molecular complexity index is 350. The van der Waals surface area contributed by atoms with Gasteiger partial charge < -0.3 is 15.3 Å². The fourth-order valence-corrected chi connectivity index (χ4v) is 3.20. The van der Waals surface area contributed by atoms with Gasteiger partial charge in [0.2, 0.25) is 11.8 Å². The van der Waals surface area contributed by atoms with Gasteiger partial charge in [0, 0.05) is 18.7 Å². The average molecular weight is 258 g/mol. The van der Waals surface area contributed by atoms with Gasteiger partial charge in [-0.25, -0.2) is 4.79 Å². The Hall–Kier alpha value is -1.24. The van der Waals surface area contributed by atoms with Crippen molar-refractivity contribution in [3.05, 3.63) is 0 Å². The van der Waals surface area contributed by atoms with Crippen LogP contribution in [-0.4, -0.2) is 52.0 Å². The number of piperidine rings is 1. The van der Waals surface area contributed by atoms with Crippen LogP contribution in [-0.2, 0) is 14.4 Å². The second-order valence-corrected chi connectivity index (χ2v) is 5.20. The summed E-state index contributed by atoms with van der Waals surface area (Å²) in [4.78, 5) is 35.5. The molecule has 0 spiro atoms. The van der Waals surface area contributed by atoms with Gasteiger partial charge in [0.05, 0.1) is 11.8 Å². The highest BCUT2D eigenvalue weighted by Crippen LogP contribution is 2.25. The van der Waals surface area contributed by atoms with Crippen molar-refractivity contribution < 1.29 is 19.5 Å². The molecule has 0 bridgehead atoms. The van der Waals surface area contributed by atoms with E-state index in [1.807, 2.05) is 0 Å². The van der Waals surface area contributed by atoms with Crippen LogP contribution in [0.5, 0.6) is 0 Å². The van der Waals surface area contributed by atoms with Crippen molar-refractivity contribution in [2.45, 2.75) is 18.9 Å². The Kier molecular flexibility index (Phi) is 3.56. The summed E-state index contributed by atoms with van der Waals surface area (Å²) in [7, 11) is 0. The number of thioether (sulfide) groups is 1. The van der Waals surface area contributed by atoms with Gasteiger partial charge in [-0.3, -0.25) is 9.59 Å². The maximum atomic E-state index is 12.1. The molecule has 17 heavy (non-hydrogen) atoms. The van der Waals surface area contributed by atoms with Crippen molar-refractivity contribution in [1.82, 2.24) is 10.2 Å². The van der Waals surface area contributed by atoms with Gasteiger partial charge in [0.1, 0.15) is 6.04 Å². The fraction of sp³-hybridized carbons (Fsp3) is 0.700. The molecule has 2 unspecified atom stereocenters. The van der Waals surface area contributed by atoms with Crippen molar-refractivity contribution in [1.29, 1.82) is 0 Å². The van der Waals surface area contributed by atoms with Gasteiger partial charge in [-0.1, -0.05) is 0 Å². The highest BCUT2D eigenvalue weighted by Gasteiger charge is 2.38. The smallest absolute Gasteiger partial charge is 0.327 e. The quantitative estimate of drug-likeness (QED) is 0.697. The number of rotatable bonds is 2. The van der Waals surface area contributed by atoms with E-state index in [0.717, 1.165) is 0 Å². The molecule has 2 heterocycles. The minimum atomic E-state index is -0.955. The number of hydrogen-bond acceptors (Lipinski definition) is 4. The lowest BCUT2D eigenvalue weighted by Gasteiger charge is -2.28. The number of aliphatic carboxylic acids is 1. The first-order valence-electron chi connectivity index (χ1n) is 5.47. The van der Waals surface area contributed by atoms with Crippen LogP contribution in [0.2, 0.25) is 0 Å². The van der Waals surface area contributed by atoms with Gasteiger partial charge in [0.25, 0.3) is 0 Å². The van der Waals surface area contributed by atoms with E-state index >= 15 is 0 Å². The molecule has 2 aliphatic rings. The van der Waals surface area contributed by atoms with E-state index in [0.29, 0.717) is 31.0 Å². The summed E-state index contributed by atoms with van der Waals surface area (Å²) in [6.07, 6.45) is 0.854. The number of hydrogen-bond donors (Lipinski definition) is 2. The van der Waals surface area contributed by atoms with Crippen LogP contribution < -0.4 is 5.32 Å². The van der Waals surface area contributed by atoms with Gasteiger partial charge in [-0.15, -0.1) is 11.8 Å². The fourth-order valence-electron chi connectivity index (χ4n) is 2.04. The lowest BCUT2D eigenvalue weighted by Crippen LogP contribution is -2.48. The van der Waals surface area contributed by atoms with Crippen LogP contribution in [0.25, 0.3) is 0 Å². The summed E-state index contributed by atoms with van der Waals surface area (Å²) in [6, 6.07) is -0.717. The Balaban J connectivity index is 1.99. The monoisotopic (exact) mass is 258 g/mol. The number of nitrogens with zero attached hydrogens (tertiary/aromatic N) is 1. The Morgan fingerprint density at radius 3 is 2.82 bits per heavy atom. The van der Waals surface area contributed by atoms with Crippen molar-refractivity contribution in [2.24, 2.45) is 5.92 Å². The zero-order chi connectivity index (χ0) is 12.4. The van der Waals surface area contributed by atoms with E-state index < -0.39 is 12.0 Å². The van der Waals surface area contributed by atoms with E-state index in [1.165, 1.54) is 16.7 Å². The summed E-state index contributed by atoms with van der Waals surface area (Å²) < 4.78 is 0. The number of nitrogens with one attached hydrogen (secondary N) is 1. The van der Waals surface area contributed by atoms with E-state index in [4.69, 9.17) is 5.11 Å². The summed E-state index contributed by atoms with van der Waals surface area (Å²) >= 11 is 1.45. The number of carboxylic acid groups (broad SMARTS) is 1. The topological polar surface area (TPSA) is 86.7 Å². The second kappa shape index (κ2) is 4.95. The minimum absolute atomic E-state index is 0.0420. The zero-order valence-corrected chi connectivity index (χ0v) is 10.0. The Morgan fingerprint density at radius 1 is 1.47 bits per heavy atom. The highest BCUT2D eigenvalue weighted by molar-refractivity contribution is 7.99. The molecule has 7 heteroatoms. The van der Waals surface area contributed by atoms with Gasteiger partial charge >= 0.3 is 5.97 Å². The normalized spacial score (nSPS) is 28.9. The number of amides is 2. The van der Waals surface area contributed by atoms with Crippen LogP contribution in [0.15, 0.2) is 0 Å². The average Bonchev–Trinajstić information content (AvgIpc) is 2.78. The molecule has 6 nitrogen and oxygen atoms in total. The summed E-state index contributed by atoms with van der Waals surface area (Å²) in [5, 5.41) is 11.6. The molecular weight excluding hydrogens is 244 g/mol. The maximum absolute atomic E-state index is 12.1.